The third-order valence-electron chi connectivity index (χ3n) is 6.01. The Morgan fingerprint density at radius 1 is 1.09 bits per heavy atom. The molecule has 1 N–H and O–H groups in total. The van der Waals surface area contributed by atoms with Gasteiger partial charge in [-0.2, -0.15) is 0 Å². The van der Waals surface area contributed by atoms with E-state index in [-0.39, 0.29) is 17.3 Å². The maximum atomic E-state index is 12.9. The predicted molar refractivity (Wildman–Crippen MR) is 121 cm³/mol. The van der Waals surface area contributed by atoms with Crippen molar-refractivity contribution in [3.05, 3.63) is 65.5 Å². The summed E-state index contributed by atoms with van der Waals surface area (Å²) in [4.78, 5) is 33.6. The molecule has 0 spiro atoms. The molecule has 32 heavy (non-hydrogen) atoms. The number of Topliss-reactive ketones (excluding diaryl/α,β-unsaturated/α-hetero) is 1. The Morgan fingerprint density at radius 2 is 1.88 bits per heavy atom. The first-order valence-corrected chi connectivity index (χ1v) is 11.3. The van der Waals surface area contributed by atoms with Crippen molar-refractivity contribution in [3.63, 3.8) is 0 Å². The van der Waals surface area contributed by atoms with Crippen molar-refractivity contribution < 1.29 is 14.7 Å². The highest BCUT2D eigenvalue weighted by Crippen LogP contribution is 2.27. The molecule has 7 heteroatoms. The van der Waals surface area contributed by atoms with E-state index in [0.29, 0.717) is 24.4 Å². The Kier molecular flexibility index (Phi) is 6.73. The summed E-state index contributed by atoms with van der Waals surface area (Å²) in [5.74, 6) is 0.201. The van der Waals surface area contributed by atoms with Gasteiger partial charge in [-0.3, -0.25) is 9.78 Å². The standard InChI is InChI=1S/C25H28N4O3/c1-2-14-29-22(27-24(28-29)23(30)17-8-4-3-5-9-17)15-19-13-12-18(16-26-19)20-10-6-7-11-21(20)25(31)32/h6-7,10-13,16-17H,2-5,8-9,14-15H2,1H3,(H,31,32). The molecule has 0 unspecified atom stereocenters. The summed E-state index contributed by atoms with van der Waals surface area (Å²) in [5.41, 5.74) is 2.42. The van der Waals surface area contributed by atoms with Crippen LogP contribution in [0.3, 0.4) is 0 Å². The number of nitrogens with zero attached hydrogens (tertiary/aromatic N) is 4. The lowest BCUT2D eigenvalue weighted by Gasteiger charge is -2.18. The molecule has 0 aliphatic heterocycles. The molecule has 0 amide bonds. The molecule has 2 heterocycles. The molecule has 2 aromatic heterocycles. The van der Waals surface area contributed by atoms with E-state index in [1.807, 2.05) is 22.9 Å². The van der Waals surface area contributed by atoms with Crippen LogP contribution in [0.5, 0.6) is 0 Å². The predicted octanol–water partition coefficient (Wildman–Crippen LogP) is 4.80. The monoisotopic (exact) mass is 432 g/mol. The lowest BCUT2D eigenvalue weighted by atomic mass is 9.86. The number of ketones is 1. The van der Waals surface area contributed by atoms with Gasteiger partial charge in [-0.05, 0) is 37.0 Å². The summed E-state index contributed by atoms with van der Waals surface area (Å²) in [6.45, 7) is 2.77. The Morgan fingerprint density at radius 3 is 2.56 bits per heavy atom. The Bertz CT molecular complexity index is 1100. The van der Waals surface area contributed by atoms with E-state index in [4.69, 9.17) is 0 Å². The molecule has 0 bridgehead atoms. The highest BCUT2D eigenvalue weighted by atomic mass is 16.4. The maximum Gasteiger partial charge on any atom is 0.336 e. The van der Waals surface area contributed by atoms with Gasteiger partial charge in [0.2, 0.25) is 11.6 Å². The Balaban J connectivity index is 1.55. The molecule has 1 aliphatic carbocycles. The SMILES string of the molecule is CCCn1nc(C(=O)C2CCCCC2)nc1Cc1ccc(-c2ccccc2C(=O)O)cn1. The third-order valence-corrected chi connectivity index (χ3v) is 6.01. The largest absolute Gasteiger partial charge is 0.478 e. The van der Waals surface area contributed by atoms with Gasteiger partial charge in [0, 0.05) is 36.3 Å². The smallest absolute Gasteiger partial charge is 0.336 e. The van der Waals surface area contributed by atoms with Crippen LogP contribution in [-0.2, 0) is 13.0 Å². The quantitative estimate of drug-likeness (QED) is 0.513. The zero-order valence-electron chi connectivity index (χ0n) is 18.3. The van der Waals surface area contributed by atoms with Gasteiger partial charge < -0.3 is 5.11 Å². The van der Waals surface area contributed by atoms with Gasteiger partial charge in [0.15, 0.2) is 0 Å². The van der Waals surface area contributed by atoms with Crippen molar-refractivity contribution in [1.82, 2.24) is 19.7 Å². The molecule has 7 nitrogen and oxygen atoms in total. The Labute approximate surface area is 187 Å². The first-order valence-electron chi connectivity index (χ1n) is 11.3. The van der Waals surface area contributed by atoms with Crippen molar-refractivity contribution in [3.8, 4) is 11.1 Å². The number of rotatable bonds is 8. The fourth-order valence-corrected chi connectivity index (χ4v) is 4.32. The number of carbonyl (C=O) groups is 2. The summed E-state index contributed by atoms with van der Waals surface area (Å²) in [5, 5.41) is 14.0. The zero-order valence-corrected chi connectivity index (χ0v) is 18.3. The van der Waals surface area contributed by atoms with Crippen LogP contribution < -0.4 is 0 Å². The average molecular weight is 433 g/mol. The molecule has 0 radical (unpaired) electrons. The summed E-state index contributed by atoms with van der Waals surface area (Å²) in [7, 11) is 0. The van der Waals surface area contributed by atoms with E-state index in [9.17, 15) is 14.7 Å². The summed E-state index contributed by atoms with van der Waals surface area (Å²) >= 11 is 0. The fourth-order valence-electron chi connectivity index (χ4n) is 4.32. The van der Waals surface area contributed by atoms with Crippen LogP contribution in [-0.4, -0.2) is 36.6 Å². The van der Waals surface area contributed by atoms with Gasteiger partial charge in [-0.15, -0.1) is 5.10 Å². The molecule has 1 aromatic carbocycles. The molecule has 1 saturated carbocycles. The number of aryl methyl sites for hydroxylation is 1. The van der Waals surface area contributed by atoms with Crippen LogP contribution in [0.1, 0.15) is 77.9 Å². The first-order chi connectivity index (χ1) is 15.6. The first kappa shape index (κ1) is 21.9. The minimum Gasteiger partial charge on any atom is -0.478 e. The summed E-state index contributed by atoms with van der Waals surface area (Å²) in [6, 6.07) is 10.6. The van der Waals surface area contributed by atoms with Gasteiger partial charge in [-0.25, -0.2) is 14.5 Å². The van der Waals surface area contributed by atoms with Crippen LogP contribution in [0.4, 0.5) is 0 Å². The highest BCUT2D eigenvalue weighted by molar-refractivity contribution is 5.96. The molecule has 1 aliphatic rings. The molecule has 3 aromatic rings. The zero-order chi connectivity index (χ0) is 22.5. The second kappa shape index (κ2) is 9.85. The number of benzene rings is 1. The minimum atomic E-state index is -0.965. The molecule has 0 atom stereocenters. The van der Waals surface area contributed by atoms with Crippen molar-refractivity contribution >= 4 is 11.8 Å². The third kappa shape index (κ3) is 4.77. The van der Waals surface area contributed by atoms with Gasteiger partial charge in [0.1, 0.15) is 5.82 Å². The number of aromatic nitrogens is 4. The average Bonchev–Trinajstić information content (AvgIpc) is 3.22. The summed E-state index contributed by atoms with van der Waals surface area (Å²) < 4.78 is 1.82. The van der Waals surface area contributed by atoms with Gasteiger partial charge in [0.25, 0.3) is 0 Å². The van der Waals surface area contributed by atoms with Crippen molar-refractivity contribution in [2.24, 2.45) is 5.92 Å². The van der Waals surface area contributed by atoms with Crippen LogP contribution in [0, 0.1) is 5.92 Å². The van der Waals surface area contributed by atoms with E-state index in [1.54, 1.807) is 24.4 Å². The molecule has 1 fully saturated rings. The molecular formula is C25H28N4O3. The van der Waals surface area contributed by atoms with Crippen molar-refractivity contribution in [2.45, 2.75) is 58.4 Å². The maximum absolute atomic E-state index is 12.9. The highest BCUT2D eigenvalue weighted by Gasteiger charge is 2.26. The van der Waals surface area contributed by atoms with Gasteiger partial charge in [-0.1, -0.05) is 50.5 Å². The van der Waals surface area contributed by atoms with Gasteiger partial charge in [0.05, 0.1) is 5.56 Å². The number of pyridine rings is 1. The number of hydrogen-bond acceptors (Lipinski definition) is 5. The Hall–Kier alpha value is -3.35. The van der Waals surface area contributed by atoms with Crippen LogP contribution >= 0.6 is 0 Å². The van der Waals surface area contributed by atoms with Crippen LogP contribution in [0.2, 0.25) is 0 Å². The van der Waals surface area contributed by atoms with Crippen molar-refractivity contribution in [1.29, 1.82) is 0 Å². The number of carboxylic acids is 1. The number of aromatic carboxylic acids is 1. The molecule has 4 rings (SSSR count). The van der Waals surface area contributed by atoms with Crippen molar-refractivity contribution in [2.75, 3.05) is 0 Å². The van der Waals surface area contributed by atoms with E-state index < -0.39 is 5.97 Å². The van der Waals surface area contributed by atoms with Gasteiger partial charge >= 0.3 is 5.97 Å². The molecular weight excluding hydrogens is 404 g/mol. The van der Waals surface area contributed by atoms with E-state index >= 15 is 0 Å². The summed E-state index contributed by atoms with van der Waals surface area (Å²) in [6.07, 6.45) is 8.30. The van der Waals surface area contributed by atoms with E-state index in [1.165, 1.54) is 6.42 Å². The van der Waals surface area contributed by atoms with Crippen LogP contribution in [0.15, 0.2) is 42.6 Å². The number of carbonyl (C=O) groups excluding carboxylic acids is 1. The van der Waals surface area contributed by atoms with Crippen LogP contribution in [0.25, 0.3) is 11.1 Å². The van der Waals surface area contributed by atoms with E-state index in [0.717, 1.165) is 49.2 Å². The second-order valence-corrected chi connectivity index (χ2v) is 8.34. The number of hydrogen-bond donors (Lipinski definition) is 1. The lowest BCUT2D eigenvalue weighted by Crippen LogP contribution is -2.19. The second-order valence-electron chi connectivity index (χ2n) is 8.34. The number of carboxylic acid groups (broad SMARTS) is 1. The lowest BCUT2D eigenvalue weighted by molar-refractivity contribution is 0.0697. The normalized spacial score (nSPS) is 14.4. The molecule has 0 saturated heterocycles. The fraction of sp³-hybridized carbons (Fsp3) is 0.400. The topological polar surface area (TPSA) is 98.0 Å². The molecule has 166 valence electrons. The minimum absolute atomic E-state index is 0.0424. The van der Waals surface area contributed by atoms with E-state index in [2.05, 4.69) is 22.0 Å².